The highest BCUT2D eigenvalue weighted by atomic mass is 19.1. The fourth-order valence-electron chi connectivity index (χ4n) is 3.02. The molecule has 2 aromatic rings. The molecule has 8 heteroatoms. The molecule has 0 saturated carbocycles. The molecule has 0 unspecified atom stereocenters. The number of anilines is 1. The molecule has 27 heavy (non-hydrogen) atoms. The summed E-state index contributed by atoms with van der Waals surface area (Å²) >= 11 is 0. The smallest absolute Gasteiger partial charge is 0.354 e. The molecule has 1 saturated heterocycles. The number of carboxylic acid groups (broad SMARTS) is 1. The number of carbonyl (C=O) groups is 3. The number of aromatic nitrogens is 1. The molecule has 2 amide bonds. The van der Waals surface area contributed by atoms with Gasteiger partial charge < -0.3 is 15.3 Å². The van der Waals surface area contributed by atoms with Crippen LogP contribution in [0.2, 0.25) is 0 Å². The topological polar surface area (TPSA) is 99.6 Å². The maximum atomic E-state index is 13.2. The number of carboxylic acids is 1. The predicted octanol–water partition coefficient (Wildman–Crippen LogP) is 2.41. The molecule has 1 aromatic carbocycles. The van der Waals surface area contributed by atoms with E-state index in [0.717, 1.165) is 0 Å². The number of benzene rings is 1. The summed E-state index contributed by atoms with van der Waals surface area (Å²) in [5.74, 6) is -2.39. The van der Waals surface area contributed by atoms with Crippen molar-refractivity contribution in [1.82, 2.24) is 9.88 Å². The number of nitrogens with one attached hydrogen (secondary N) is 1. The van der Waals surface area contributed by atoms with Crippen molar-refractivity contribution in [2.24, 2.45) is 5.92 Å². The summed E-state index contributed by atoms with van der Waals surface area (Å²) in [7, 11) is 0. The quantitative estimate of drug-likeness (QED) is 0.860. The molecule has 3 rings (SSSR count). The van der Waals surface area contributed by atoms with Crippen LogP contribution in [0.5, 0.6) is 0 Å². The minimum Gasteiger partial charge on any atom is -0.477 e. The average Bonchev–Trinajstić information content (AvgIpc) is 2.67. The zero-order valence-corrected chi connectivity index (χ0v) is 14.4. The van der Waals surface area contributed by atoms with Crippen LogP contribution in [-0.2, 0) is 4.79 Å². The first-order valence-electron chi connectivity index (χ1n) is 8.49. The first-order chi connectivity index (χ1) is 12.9. The first-order valence-corrected chi connectivity index (χ1v) is 8.49. The van der Waals surface area contributed by atoms with E-state index in [2.05, 4.69) is 10.3 Å². The lowest BCUT2D eigenvalue weighted by Gasteiger charge is -2.31. The standard InChI is InChI=1S/C19H18FN3O4/c20-14-2-1-3-15(11-14)22-17(24)12-5-8-23(9-6-12)18(25)13-4-7-21-16(10-13)19(26)27/h1-4,7,10-12H,5-6,8-9H2,(H,22,24)(H,26,27). The lowest BCUT2D eigenvalue weighted by molar-refractivity contribution is -0.121. The van der Waals surface area contributed by atoms with E-state index in [0.29, 0.717) is 31.6 Å². The largest absolute Gasteiger partial charge is 0.477 e. The van der Waals surface area contributed by atoms with Crippen LogP contribution in [0.4, 0.5) is 10.1 Å². The normalized spacial score (nSPS) is 14.6. The van der Waals surface area contributed by atoms with Crippen LogP contribution in [-0.4, -0.2) is 45.9 Å². The summed E-state index contributed by atoms with van der Waals surface area (Å²) in [6, 6.07) is 8.40. The van der Waals surface area contributed by atoms with Crippen molar-refractivity contribution in [3.05, 3.63) is 59.7 Å². The first kappa shape index (κ1) is 18.5. The van der Waals surface area contributed by atoms with Gasteiger partial charge in [0.2, 0.25) is 5.91 Å². The third-order valence-electron chi connectivity index (χ3n) is 4.47. The van der Waals surface area contributed by atoms with Gasteiger partial charge in [0.15, 0.2) is 0 Å². The van der Waals surface area contributed by atoms with Gasteiger partial charge in [0, 0.05) is 36.5 Å². The van der Waals surface area contributed by atoms with Crippen LogP contribution in [0.3, 0.4) is 0 Å². The lowest BCUT2D eigenvalue weighted by Crippen LogP contribution is -2.41. The van der Waals surface area contributed by atoms with Gasteiger partial charge in [0.05, 0.1) is 0 Å². The van der Waals surface area contributed by atoms with E-state index in [1.165, 1.54) is 36.5 Å². The average molecular weight is 371 g/mol. The van der Waals surface area contributed by atoms with Crippen molar-refractivity contribution < 1.29 is 23.9 Å². The molecular formula is C19H18FN3O4. The Morgan fingerprint density at radius 2 is 1.89 bits per heavy atom. The molecule has 0 radical (unpaired) electrons. The Kier molecular flexibility index (Phi) is 5.44. The van der Waals surface area contributed by atoms with Crippen molar-refractivity contribution in [2.45, 2.75) is 12.8 Å². The highest BCUT2D eigenvalue weighted by Gasteiger charge is 2.28. The van der Waals surface area contributed by atoms with Crippen molar-refractivity contribution in [3.63, 3.8) is 0 Å². The molecule has 1 aliphatic heterocycles. The molecule has 2 N–H and O–H groups in total. The number of hydrogen-bond acceptors (Lipinski definition) is 4. The Morgan fingerprint density at radius 1 is 1.15 bits per heavy atom. The van der Waals surface area contributed by atoms with E-state index in [9.17, 15) is 18.8 Å². The van der Waals surface area contributed by atoms with E-state index >= 15 is 0 Å². The van der Waals surface area contributed by atoms with Gasteiger partial charge in [-0.25, -0.2) is 14.2 Å². The summed E-state index contributed by atoms with van der Waals surface area (Å²) in [4.78, 5) is 41.2. The third kappa shape index (κ3) is 4.46. The molecule has 1 aromatic heterocycles. The molecule has 140 valence electrons. The fraction of sp³-hybridized carbons (Fsp3) is 0.263. The van der Waals surface area contributed by atoms with Crippen LogP contribution in [0.25, 0.3) is 0 Å². The van der Waals surface area contributed by atoms with Crippen molar-refractivity contribution >= 4 is 23.5 Å². The summed E-state index contributed by atoms with van der Waals surface area (Å²) in [6.07, 6.45) is 2.24. The summed E-state index contributed by atoms with van der Waals surface area (Å²) in [5, 5.41) is 11.7. The number of carbonyl (C=O) groups excluding carboxylic acids is 2. The highest BCUT2D eigenvalue weighted by Crippen LogP contribution is 2.21. The van der Waals surface area contributed by atoms with Crippen LogP contribution in [0.15, 0.2) is 42.6 Å². The number of halogens is 1. The van der Waals surface area contributed by atoms with Crippen molar-refractivity contribution in [3.8, 4) is 0 Å². The molecule has 1 fully saturated rings. The number of amides is 2. The second-order valence-electron chi connectivity index (χ2n) is 6.30. The van der Waals surface area contributed by atoms with Gasteiger partial charge in [-0.3, -0.25) is 9.59 Å². The second-order valence-corrected chi connectivity index (χ2v) is 6.30. The van der Waals surface area contributed by atoms with E-state index < -0.39 is 11.8 Å². The number of hydrogen-bond donors (Lipinski definition) is 2. The summed E-state index contributed by atoms with van der Waals surface area (Å²) in [5.41, 5.74) is 0.465. The van der Waals surface area contributed by atoms with Gasteiger partial charge in [-0.1, -0.05) is 6.07 Å². The Bertz CT molecular complexity index is 879. The van der Waals surface area contributed by atoms with Crippen LogP contribution < -0.4 is 5.32 Å². The number of rotatable bonds is 4. The van der Waals surface area contributed by atoms with Crippen molar-refractivity contribution in [1.29, 1.82) is 0 Å². The van der Waals surface area contributed by atoms with Gasteiger partial charge in [0.25, 0.3) is 5.91 Å². The van der Waals surface area contributed by atoms with Crippen LogP contribution >= 0.6 is 0 Å². The number of aromatic carboxylic acids is 1. The zero-order chi connectivity index (χ0) is 19.4. The van der Waals surface area contributed by atoms with E-state index in [-0.39, 0.29) is 29.0 Å². The molecule has 0 aliphatic carbocycles. The Balaban J connectivity index is 1.58. The fourth-order valence-corrected chi connectivity index (χ4v) is 3.02. The Hall–Kier alpha value is -3.29. The number of pyridine rings is 1. The molecule has 0 spiro atoms. The van der Waals surface area contributed by atoms with Gasteiger partial charge >= 0.3 is 5.97 Å². The molecule has 0 bridgehead atoms. The van der Waals surface area contributed by atoms with E-state index in [4.69, 9.17) is 5.11 Å². The molecule has 0 atom stereocenters. The van der Waals surface area contributed by atoms with Crippen LogP contribution in [0, 0.1) is 11.7 Å². The maximum absolute atomic E-state index is 13.2. The van der Waals surface area contributed by atoms with E-state index in [1.807, 2.05) is 0 Å². The number of piperidine rings is 1. The second kappa shape index (κ2) is 7.94. The van der Waals surface area contributed by atoms with Crippen LogP contribution in [0.1, 0.15) is 33.7 Å². The maximum Gasteiger partial charge on any atom is 0.354 e. The van der Waals surface area contributed by atoms with Gasteiger partial charge in [-0.15, -0.1) is 0 Å². The SMILES string of the molecule is O=C(O)c1cc(C(=O)N2CCC(C(=O)Nc3cccc(F)c3)CC2)ccn1. The van der Waals surface area contributed by atoms with Crippen molar-refractivity contribution in [2.75, 3.05) is 18.4 Å². The third-order valence-corrected chi connectivity index (χ3v) is 4.47. The van der Waals surface area contributed by atoms with Gasteiger partial charge in [0.1, 0.15) is 11.5 Å². The highest BCUT2D eigenvalue weighted by molar-refractivity contribution is 5.97. The zero-order valence-electron chi connectivity index (χ0n) is 14.4. The molecule has 2 heterocycles. The van der Waals surface area contributed by atoms with E-state index in [1.54, 1.807) is 11.0 Å². The summed E-state index contributed by atoms with van der Waals surface area (Å²) in [6.45, 7) is 0.760. The Labute approximate surface area is 154 Å². The number of nitrogens with zero attached hydrogens (tertiary/aromatic N) is 2. The Morgan fingerprint density at radius 3 is 2.56 bits per heavy atom. The van der Waals surface area contributed by atoms with Gasteiger partial charge in [-0.05, 0) is 43.2 Å². The molecular weight excluding hydrogens is 353 g/mol. The molecule has 7 nitrogen and oxygen atoms in total. The lowest BCUT2D eigenvalue weighted by atomic mass is 9.95. The molecule has 1 aliphatic rings. The van der Waals surface area contributed by atoms with Gasteiger partial charge in [-0.2, -0.15) is 0 Å². The monoisotopic (exact) mass is 371 g/mol. The summed E-state index contributed by atoms with van der Waals surface area (Å²) < 4.78 is 13.2. The predicted molar refractivity (Wildman–Crippen MR) is 94.9 cm³/mol. The minimum atomic E-state index is -1.20. The minimum absolute atomic E-state index is 0.190. The number of likely N-dealkylation sites (tertiary alicyclic amines) is 1.